The molecular formula is C12H27OP. The van der Waals surface area contributed by atoms with E-state index in [1.807, 2.05) is 0 Å². The highest BCUT2D eigenvalue weighted by Gasteiger charge is 2.23. The van der Waals surface area contributed by atoms with Crippen molar-refractivity contribution < 1.29 is 4.74 Å². The molecule has 0 aromatic heterocycles. The Morgan fingerprint density at radius 1 is 1.21 bits per heavy atom. The van der Waals surface area contributed by atoms with Crippen LogP contribution in [0.3, 0.4) is 0 Å². The maximum Gasteiger partial charge on any atom is 0.0613 e. The average molecular weight is 218 g/mol. The number of hydrogen-bond acceptors (Lipinski definition) is 1. The fourth-order valence-corrected chi connectivity index (χ4v) is 1.75. The summed E-state index contributed by atoms with van der Waals surface area (Å²) in [6.07, 6.45) is 2.72. The van der Waals surface area contributed by atoms with Crippen molar-refractivity contribution in [3.8, 4) is 0 Å². The fourth-order valence-electron chi connectivity index (χ4n) is 1.48. The second-order valence-electron chi connectivity index (χ2n) is 5.37. The molecule has 0 saturated carbocycles. The van der Waals surface area contributed by atoms with Gasteiger partial charge in [0.2, 0.25) is 0 Å². The highest BCUT2D eigenvalue weighted by molar-refractivity contribution is 7.17. The van der Waals surface area contributed by atoms with E-state index in [0.29, 0.717) is 17.7 Å². The van der Waals surface area contributed by atoms with Crippen molar-refractivity contribution in [2.45, 2.75) is 71.7 Å². The summed E-state index contributed by atoms with van der Waals surface area (Å²) < 4.78 is 6.09. The van der Waals surface area contributed by atoms with Gasteiger partial charge >= 0.3 is 0 Å². The van der Waals surface area contributed by atoms with Crippen LogP contribution in [0.4, 0.5) is 0 Å². The average Bonchev–Trinajstić information content (AvgIpc) is 1.98. The summed E-state index contributed by atoms with van der Waals surface area (Å²) in [4.78, 5) is 0. The lowest BCUT2D eigenvalue weighted by molar-refractivity contribution is -0.0853. The molecule has 0 aromatic rings. The molecule has 1 nitrogen and oxygen atoms in total. The zero-order chi connectivity index (χ0) is 11.4. The third kappa shape index (κ3) is 6.79. The van der Waals surface area contributed by atoms with Crippen LogP contribution in [0.2, 0.25) is 0 Å². The van der Waals surface area contributed by atoms with Gasteiger partial charge in [0.05, 0.1) is 11.7 Å². The van der Waals surface area contributed by atoms with Crippen LogP contribution in [0.5, 0.6) is 0 Å². The predicted octanol–water partition coefficient (Wildman–Crippen LogP) is 3.87. The van der Waals surface area contributed by atoms with Crippen molar-refractivity contribution >= 4 is 9.24 Å². The summed E-state index contributed by atoms with van der Waals surface area (Å²) in [6, 6.07) is 0. The molecule has 4 atom stereocenters. The monoisotopic (exact) mass is 218 g/mol. The number of ether oxygens (including phenoxy) is 1. The summed E-state index contributed by atoms with van der Waals surface area (Å²) in [5, 5.41) is 0. The standard InChI is InChI=1S/C12H27OP/c1-7-9(2)11(8-10(3)14)13-12(4,5)6/h9-11H,7-8,14H2,1-6H3/t9?,10?,11-/m0/s1. The first-order valence-electron chi connectivity index (χ1n) is 5.69. The maximum absolute atomic E-state index is 6.09. The van der Waals surface area contributed by atoms with Crippen LogP contribution in [0.25, 0.3) is 0 Å². The molecule has 0 rings (SSSR count). The Kier molecular flexibility index (Phi) is 6.25. The first-order chi connectivity index (χ1) is 6.26. The summed E-state index contributed by atoms with van der Waals surface area (Å²) in [7, 11) is 2.86. The van der Waals surface area contributed by atoms with Crippen LogP contribution < -0.4 is 0 Å². The van der Waals surface area contributed by atoms with Crippen molar-refractivity contribution in [2.75, 3.05) is 0 Å². The zero-order valence-electron chi connectivity index (χ0n) is 10.6. The van der Waals surface area contributed by atoms with Crippen LogP contribution in [-0.2, 0) is 4.74 Å². The van der Waals surface area contributed by atoms with E-state index in [1.54, 1.807) is 0 Å². The van der Waals surface area contributed by atoms with Gasteiger partial charge in [-0.25, -0.2) is 0 Å². The van der Waals surface area contributed by atoms with Crippen molar-refractivity contribution in [3.63, 3.8) is 0 Å². The molecule has 0 aliphatic rings. The minimum atomic E-state index is -0.0202. The number of hydrogen-bond donors (Lipinski definition) is 0. The lowest BCUT2D eigenvalue weighted by Crippen LogP contribution is -2.33. The van der Waals surface area contributed by atoms with Crippen LogP contribution in [0.15, 0.2) is 0 Å². The van der Waals surface area contributed by atoms with Crippen LogP contribution >= 0.6 is 9.24 Å². The molecule has 0 N–H and O–H groups in total. The van der Waals surface area contributed by atoms with E-state index in [0.717, 1.165) is 6.42 Å². The fraction of sp³-hybridized carbons (Fsp3) is 1.00. The third-order valence-electron chi connectivity index (χ3n) is 2.39. The Labute approximate surface area is 92.2 Å². The molecule has 0 bridgehead atoms. The van der Waals surface area contributed by atoms with Gasteiger partial charge in [-0.15, -0.1) is 9.24 Å². The Morgan fingerprint density at radius 2 is 1.71 bits per heavy atom. The Balaban J connectivity index is 4.25. The van der Waals surface area contributed by atoms with E-state index < -0.39 is 0 Å². The first-order valence-corrected chi connectivity index (χ1v) is 6.36. The molecule has 0 saturated heterocycles. The van der Waals surface area contributed by atoms with E-state index in [4.69, 9.17) is 4.74 Å². The lowest BCUT2D eigenvalue weighted by Gasteiger charge is -2.32. The molecule has 0 aliphatic heterocycles. The third-order valence-corrected chi connectivity index (χ3v) is 2.66. The lowest BCUT2D eigenvalue weighted by atomic mass is 9.97. The molecular weight excluding hydrogens is 191 g/mol. The summed E-state index contributed by atoms with van der Waals surface area (Å²) >= 11 is 0. The van der Waals surface area contributed by atoms with Gasteiger partial charge in [-0.3, -0.25) is 0 Å². The highest BCUT2D eigenvalue weighted by atomic mass is 31.0. The molecule has 0 heterocycles. The molecule has 0 aliphatic carbocycles. The van der Waals surface area contributed by atoms with Crippen molar-refractivity contribution in [1.29, 1.82) is 0 Å². The van der Waals surface area contributed by atoms with Crippen LogP contribution in [-0.4, -0.2) is 17.4 Å². The highest BCUT2D eigenvalue weighted by Crippen LogP contribution is 2.24. The smallest absolute Gasteiger partial charge is 0.0613 e. The van der Waals surface area contributed by atoms with Crippen molar-refractivity contribution in [1.82, 2.24) is 0 Å². The summed E-state index contributed by atoms with van der Waals surface area (Å²) in [6.45, 7) is 13.1. The molecule has 0 spiro atoms. The Hall–Kier alpha value is 0.390. The van der Waals surface area contributed by atoms with Gasteiger partial charge in [0.25, 0.3) is 0 Å². The minimum Gasteiger partial charge on any atom is -0.372 e. The Bertz CT molecular complexity index is 149. The first kappa shape index (κ1) is 14.4. The molecule has 2 heteroatoms. The second-order valence-corrected chi connectivity index (χ2v) is 6.51. The topological polar surface area (TPSA) is 9.23 Å². The quantitative estimate of drug-likeness (QED) is 0.636. The number of rotatable bonds is 5. The molecule has 14 heavy (non-hydrogen) atoms. The molecule has 0 radical (unpaired) electrons. The van der Waals surface area contributed by atoms with E-state index in [2.05, 4.69) is 50.8 Å². The van der Waals surface area contributed by atoms with Crippen LogP contribution in [0, 0.1) is 5.92 Å². The van der Waals surface area contributed by atoms with Crippen molar-refractivity contribution in [3.05, 3.63) is 0 Å². The minimum absolute atomic E-state index is 0.0202. The summed E-state index contributed by atoms with van der Waals surface area (Å²) in [5.41, 5.74) is 0.615. The molecule has 0 fully saturated rings. The zero-order valence-corrected chi connectivity index (χ0v) is 11.8. The predicted molar refractivity (Wildman–Crippen MR) is 67.9 cm³/mol. The van der Waals surface area contributed by atoms with E-state index in [-0.39, 0.29) is 5.60 Å². The van der Waals surface area contributed by atoms with Crippen LogP contribution in [0.1, 0.15) is 54.4 Å². The molecule has 0 amide bonds. The maximum atomic E-state index is 6.09. The molecule has 86 valence electrons. The van der Waals surface area contributed by atoms with Gasteiger partial charge < -0.3 is 4.74 Å². The van der Waals surface area contributed by atoms with E-state index >= 15 is 0 Å². The van der Waals surface area contributed by atoms with Gasteiger partial charge in [-0.05, 0) is 38.8 Å². The van der Waals surface area contributed by atoms with E-state index in [9.17, 15) is 0 Å². The van der Waals surface area contributed by atoms with Gasteiger partial charge in [-0.1, -0.05) is 27.2 Å². The van der Waals surface area contributed by atoms with Gasteiger partial charge in [0, 0.05) is 0 Å². The van der Waals surface area contributed by atoms with Gasteiger partial charge in [-0.2, -0.15) is 0 Å². The molecule has 3 unspecified atom stereocenters. The van der Waals surface area contributed by atoms with Crippen molar-refractivity contribution in [2.24, 2.45) is 5.92 Å². The van der Waals surface area contributed by atoms with Gasteiger partial charge in [0.1, 0.15) is 0 Å². The molecule has 0 aromatic carbocycles. The summed E-state index contributed by atoms with van der Waals surface area (Å²) in [5.74, 6) is 0.650. The van der Waals surface area contributed by atoms with E-state index in [1.165, 1.54) is 6.42 Å². The normalized spacial score (nSPS) is 19.1. The SMILES string of the molecule is CCC(C)[C@H](CC(C)P)OC(C)(C)C. The second kappa shape index (κ2) is 6.08. The Morgan fingerprint density at radius 3 is 2.00 bits per heavy atom. The largest absolute Gasteiger partial charge is 0.372 e. The van der Waals surface area contributed by atoms with Gasteiger partial charge in [0.15, 0.2) is 0 Å².